The summed E-state index contributed by atoms with van der Waals surface area (Å²) < 4.78 is 4.97. The van der Waals surface area contributed by atoms with Crippen LogP contribution in [0, 0.1) is 5.92 Å². The third-order valence-electron chi connectivity index (χ3n) is 5.39. The van der Waals surface area contributed by atoms with Gasteiger partial charge in [0, 0.05) is 58.0 Å². The van der Waals surface area contributed by atoms with Crippen LogP contribution >= 0.6 is 0 Å². The first kappa shape index (κ1) is 22.0. The van der Waals surface area contributed by atoms with E-state index in [0.717, 1.165) is 24.9 Å². The van der Waals surface area contributed by atoms with Crippen LogP contribution in [-0.4, -0.2) is 80.8 Å². The van der Waals surface area contributed by atoms with E-state index in [0.29, 0.717) is 51.6 Å². The minimum Gasteiger partial charge on any atom is -0.478 e. The summed E-state index contributed by atoms with van der Waals surface area (Å²) in [5.41, 5.74) is 1.24. The Balaban J connectivity index is 1.52. The molecule has 0 aromatic heterocycles. The van der Waals surface area contributed by atoms with Crippen LogP contribution in [0.15, 0.2) is 18.2 Å². The Kier molecular flexibility index (Phi) is 7.64. The van der Waals surface area contributed by atoms with Crippen LogP contribution in [0.25, 0.3) is 0 Å². The van der Waals surface area contributed by atoms with E-state index in [2.05, 4.69) is 20.4 Å². The summed E-state index contributed by atoms with van der Waals surface area (Å²) in [5.74, 6) is -1.16. The summed E-state index contributed by atoms with van der Waals surface area (Å²) in [5, 5.41) is 15.2. The second-order valence-corrected chi connectivity index (χ2v) is 7.76. The van der Waals surface area contributed by atoms with Gasteiger partial charge in [-0.15, -0.1) is 0 Å². The van der Waals surface area contributed by atoms with Crippen molar-refractivity contribution in [1.29, 1.82) is 0 Å². The van der Waals surface area contributed by atoms with E-state index in [1.54, 1.807) is 19.2 Å². The van der Waals surface area contributed by atoms with Crippen molar-refractivity contribution in [2.24, 2.45) is 5.92 Å². The first-order chi connectivity index (χ1) is 14.5. The minimum atomic E-state index is -1.06. The van der Waals surface area contributed by atoms with Gasteiger partial charge in [0.05, 0.1) is 17.8 Å². The van der Waals surface area contributed by atoms with Gasteiger partial charge in [0.1, 0.15) is 0 Å². The number of nitrogens with one attached hydrogen (secondary N) is 2. The lowest BCUT2D eigenvalue weighted by atomic mass is 10.1. The van der Waals surface area contributed by atoms with Crippen molar-refractivity contribution in [3.8, 4) is 0 Å². The quantitative estimate of drug-likeness (QED) is 0.486. The van der Waals surface area contributed by atoms with E-state index in [1.807, 2.05) is 6.07 Å². The molecule has 1 aliphatic heterocycles. The standard InChI is InChI=1S/C21H30N4O5/c1-30-12-2-7-22-19(26)14-24-8-10-25(11-9-24)16-5-6-18(17(13-16)21(28)29)23-20(27)15-3-4-15/h5-6,13,15H,2-4,7-12,14H2,1H3,(H,22,26)(H,23,27)(H,28,29). The van der Waals surface area contributed by atoms with Crippen molar-refractivity contribution in [3.63, 3.8) is 0 Å². The third kappa shape index (κ3) is 6.17. The van der Waals surface area contributed by atoms with Gasteiger partial charge in [-0.2, -0.15) is 0 Å². The number of nitrogens with zero attached hydrogens (tertiary/aromatic N) is 2. The minimum absolute atomic E-state index is 0.00322. The molecule has 0 bridgehead atoms. The summed E-state index contributed by atoms with van der Waals surface area (Å²) in [6, 6.07) is 5.12. The van der Waals surface area contributed by atoms with Gasteiger partial charge in [-0.1, -0.05) is 0 Å². The number of piperazine rings is 1. The zero-order valence-corrected chi connectivity index (χ0v) is 17.4. The van der Waals surface area contributed by atoms with E-state index in [1.165, 1.54) is 0 Å². The lowest BCUT2D eigenvalue weighted by molar-refractivity contribution is -0.122. The van der Waals surface area contributed by atoms with E-state index in [-0.39, 0.29) is 23.3 Å². The summed E-state index contributed by atoms with van der Waals surface area (Å²) in [6.45, 7) is 4.41. The molecule has 164 valence electrons. The molecule has 1 heterocycles. The maximum absolute atomic E-state index is 12.0. The number of methoxy groups -OCH3 is 1. The molecule has 1 saturated carbocycles. The van der Waals surface area contributed by atoms with Gasteiger partial charge < -0.3 is 25.4 Å². The molecule has 30 heavy (non-hydrogen) atoms. The molecule has 1 aliphatic carbocycles. The van der Waals surface area contributed by atoms with Crippen molar-refractivity contribution in [2.75, 3.05) is 63.2 Å². The van der Waals surface area contributed by atoms with Crippen molar-refractivity contribution < 1.29 is 24.2 Å². The second-order valence-electron chi connectivity index (χ2n) is 7.76. The molecule has 2 fully saturated rings. The summed E-state index contributed by atoms with van der Waals surface area (Å²) in [4.78, 5) is 39.9. The average Bonchev–Trinajstić information content (AvgIpc) is 3.57. The topological polar surface area (TPSA) is 111 Å². The SMILES string of the molecule is COCCCNC(=O)CN1CCN(c2ccc(NC(=O)C3CC3)c(C(=O)O)c2)CC1. The number of anilines is 2. The number of hydrogen-bond donors (Lipinski definition) is 3. The molecule has 9 nitrogen and oxygen atoms in total. The van der Waals surface area contributed by atoms with Crippen LogP contribution in [0.4, 0.5) is 11.4 Å². The zero-order chi connectivity index (χ0) is 21.5. The Hall–Kier alpha value is -2.65. The number of hydrogen-bond acceptors (Lipinski definition) is 6. The number of ether oxygens (including phenoxy) is 1. The van der Waals surface area contributed by atoms with Crippen LogP contribution in [0.5, 0.6) is 0 Å². The van der Waals surface area contributed by atoms with Crippen LogP contribution in [0.2, 0.25) is 0 Å². The molecule has 2 amide bonds. The fourth-order valence-corrected chi connectivity index (χ4v) is 3.46. The Bertz CT molecular complexity index is 773. The van der Waals surface area contributed by atoms with Gasteiger partial charge in [0.15, 0.2) is 0 Å². The smallest absolute Gasteiger partial charge is 0.337 e. The highest BCUT2D eigenvalue weighted by molar-refractivity contribution is 6.02. The maximum atomic E-state index is 12.0. The molecule has 2 aliphatic rings. The number of aromatic carboxylic acids is 1. The van der Waals surface area contributed by atoms with Gasteiger partial charge >= 0.3 is 5.97 Å². The first-order valence-electron chi connectivity index (χ1n) is 10.4. The molecule has 3 N–H and O–H groups in total. The number of carboxylic acid groups (broad SMARTS) is 1. The lowest BCUT2D eigenvalue weighted by Gasteiger charge is -2.36. The monoisotopic (exact) mass is 418 g/mol. The molecule has 9 heteroatoms. The first-order valence-corrected chi connectivity index (χ1v) is 10.4. The highest BCUT2D eigenvalue weighted by atomic mass is 16.5. The highest BCUT2D eigenvalue weighted by Gasteiger charge is 2.30. The van der Waals surface area contributed by atoms with Gasteiger partial charge in [0.2, 0.25) is 11.8 Å². The predicted octanol–water partition coefficient (Wildman–Crippen LogP) is 1.01. The molecule has 1 aromatic rings. The predicted molar refractivity (Wildman–Crippen MR) is 113 cm³/mol. The van der Waals surface area contributed by atoms with Gasteiger partial charge in [-0.25, -0.2) is 4.79 Å². The lowest BCUT2D eigenvalue weighted by Crippen LogP contribution is -2.49. The average molecular weight is 418 g/mol. The zero-order valence-electron chi connectivity index (χ0n) is 17.4. The van der Waals surface area contributed by atoms with E-state index in [4.69, 9.17) is 4.74 Å². The van der Waals surface area contributed by atoms with Crippen LogP contribution in [0.3, 0.4) is 0 Å². The Morgan fingerprint density at radius 3 is 2.53 bits per heavy atom. The fraction of sp³-hybridized carbons (Fsp3) is 0.571. The largest absolute Gasteiger partial charge is 0.478 e. The Morgan fingerprint density at radius 2 is 1.90 bits per heavy atom. The Morgan fingerprint density at radius 1 is 1.17 bits per heavy atom. The molecule has 0 atom stereocenters. The van der Waals surface area contributed by atoms with E-state index < -0.39 is 5.97 Å². The van der Waals surface area contributed by atoms with Gasteiger partial charge in [-0.05, 0) is 37.5 Å². The maximum Gasteiger partial charge on any atom is 0.337 e. The second kappa shape index (κ2) is 10.4. The van der Waals surface area contributed by atoms with Gasteiger partial charge in [-0.3, -0.25) is 14.5 Å². The van der Waals surface area contributed by atoms with Crippen molar-refractivity contribution in [3.05, 3.63) is 23.8 Å². The summed E-state index contributed by atoms with van der Waals surface area (Å²) in [6.07, 6.45) is 2.52. The number of carboxylic acids is 1. The highest BCUT2D eigenvalue weighted by Crippen LogP contribution is 2.31. The molecule has 0 unspecified atom stereocenters. The van der Waals surface area contributed by atoms with Crippen LogP contribution in [0.1, 0.15) is 29.6 Å². The number of benzene rings is 1. The molecule has 3 rings (SSSR count). The summed E-state index contributed by atoms with van der Waals surface area (Å²) in [7, 11) is 1.64. The number of amides is 2. The van der Waals surface area contributed by atoms with Crippen LogP contribution < -0.4 is 15.5 Å². The van der Waals surface area contributed by atoms with Gasteiger partial charge in [0.25, 0.3) is 0 Å². The molecule has 1 saturated heterocycles. The molecule has 0 radical (unpaired) electrons. The number of carbonyl (C=O) groups is 3. The van der Waals surface area contributed by atoms with Crippen LogP contribution in [-0.2, 0) is 14.3 Å². The van der Waals surface area contributed by atoms with Crippen molar-refractivity contribution in [2.45, 2.75) is 19.3 Å². The van der Waals surface area contributed by atoms with Crippen molar-refractivity contribution in [1.82, 2.24) is 10.2 Å². The fourth-order valence-electron chi connectivity index (χ4n) is 3.46. The molecule has 0 spiro atoms. The number of carbonyl (C=O) groups excluding carboxylic acids is 2. The Labute approximate surface area is 176 Å². The third-order valence-corrected chi connectivity index (χ3v) is 5.39. The molecule has 1 aromatic carbocycles. The van der Waals surface area contributed by atoms with E-state index >= 15 is 0 Å². The molecular formula is C21H30N4O5. The van der Waals surface area contributed by atoms with E-state index in [9.17, 15) is 19.5 Å². The summed E-state index contributed by atoms with van der Waals surface area (Å²) >= 11 is 0. The molecular weight excluding hydrogens is 388 g/mol. The number of rotatable bonds is 10. The van der Waals surface area contributed by atoms with Crippen molar-refractivity contribution >= 4 is 29.2 Å². The normalized spacial score (nSPS) is 16.9.